The van der Waals surface area contributed by atoms with E-state index >= 15 is 0 Å². The fraction of sp³-hybridized carbons (Fsp3) is 0.455. The van der Waals surface area contributed by atoms with E-state index in [1.54, 1.807) is 6.07 Å². The predicted molar refractivity (Wildman–Crippen MR) is 63.5 cm³/mol. The quantitative estimate of drug-likeness (QED) is 0.802. The van der Waals surface area contributed by atoms with Gasteiger partial charge in [0.2, 0.25) is 0 Å². The molecule has 1 saturated heterocycles. The average molecular weight is 237 g/mol. The van der Waals surface area contributed by atoms with Crippen LogP contribution in [0.3, 0.4) is 0 Å². The molecule has 0 aliphatic carbocycles. The van der Waals surface area contributed by atoms with E-state index in [4.69, 9.17) is 22.6 Å². The van der Waals surface area contributed by atoms with Crippen LogP contribution in [0.25, 0.3) is 0 Å². The summed E-state index contributed by atoms with van der Waals surface area (Å²) in [5.41, 5.74) is 7.08. The maximum Gasteiger partial charge on any atom is 0.147 e. The molecule has 0 aromatic carbocycles. The first-order valence-corrected chi connectivity index (χ1v) is 5.57. The van der Waals surface area contributed by atoms with Gasteiger partial charge in [-0.3, -0.25) is 0 Å². The van der Waals surface area contributed by atoms with E-state index in [0.29, 0.717) is 16.3 Å². The van der Waals surface area contributed by atoms with Crippen molar-refractivity contribution in [3.05, 3.63) is 22.3 Å². The summed E-state index contributed by atoms with van der Waals surface area (Å²) in [5.74, 6) is 0.742. The zero-order valence-electron chi connectivity index (χ0n) is 9.07. The number of anilines is 1. The van der Waals surface area contributed by atoms with Gasteiger partial charge in [-0.15, -0.1) is 0 Å². The van der Waals surface area contributed by atoms with Crippen LogP contribution < -0.4 is 10.6 Å². The highest BCUT2D eigenvalue weighted by Crippen LogP contribution is 2.28. The van der Waals surface area contributed by atoms with Gasteiger partial charge in [-0.1, -0.05) is 11.6 Å². The molecule has 16 heavy (non-hydrogen) atoms. The maximum absolute atomic E-state index is 8.86. The molecule has 0 saturated carbocycles. The molecule has 84 valence electrons. The molecule has 1 atom stereocenters. The molecule has 1 aromatic heterocycles. The molecule has 4 nitrogen and oxygen atoms in total. The summed E-state index contributed by atoms with van der Waals surface area (Å²) in [5, 5.41) is 9.38. The second-order valence-electron chi connectivity index (χ2n) is 4.03. The number of aryl methyl sites for hydroxylation is 1. The van der Waals surface area contributed by atoms with Crippen LogP contribution in [0.15, 0.2) is 6.07 Å². The van der Waals surface area contributed by atoms with Gasteiger partial charge in [0.1, 0.15) is 11.9 Å². The minimum absolute atomic E-state index is 0.189. The molecule has 1 fully saturated rings. The Balaban J connectivity index is 2.36. The number of hydrogen-bond donors (Lipinski definition) is 1. The molecule has 0 amide bonds. The molecular weight excluding hydrogens is 224 g/mol. The molecular formula is C11H13ClN4. The molecule has 2 rings (SSSR count). The molecule has 1 aliphatic rings. The lowest BCUT2D eigenvalue weighted by atomic mass is 10.2. The van der Waals surface area contributed by atoms with Crippen LogP contribution in [-0.2, 0) is 0 Å². The second-order valence-corrected chi connectivity index (χ2v) is 4.44. The Hall–Kier alpha value is -1.31. The SMILES string of the molecule is Cc1nc(N2CCC(N)C2)c(Cl)cc1C#N. The van der Waals surface area contributed by atoms with Crippen LogP contribution in [0.1, 0.15) is 17.7 Å². The number of nitrogens with two attached hydrogens (primary N) is 1. The Morgan fingerprint density at radius 2 is 2.44 bits per heavy atom. The largest absolute Gasteiger partial charge is 0.354 e. The molecule has 0 radical (unpaired) electrons. The third-order valence-electron chi connectivity index (χ3n) is 2.79. The van der Waals surface area contributed by atoms with Gasteiger partial charge in [0.15, 0.2) is 0 Å². The molecule has 1 unspecified atom stereocenters. The Kier molecular flexibility index (Phi) is 2.99. The topological polar surface area (TPSA) is 65.9 Å². The van der Waals surface area contributed by atoms with E-state index in [-0.39, 0.29) is 6.04 Å². The lowest BCUT2D eigenvalue weighted by molar-refractivity contribution is 0.751. The van der Waals surface area contributed by atoms with Gasteiger partial charge in [-0.25, -0.2) is 4.98 Å². The van der Waals surface area contributed by atoms with Crippen molar-refractivity contribution in [2.24, 2.45) is 5.73 Å². The van der Waals surface area contributed by atoms with Crippen molar-refractivity contribution in [3.63, 3.8) is 0 Å². The summed E-state index contributed by atoms with van der Waals surface area (Å²) in [6.07, 6.45) is 0.955. The van der Waals surface area contributed by atoms with Gasteiger partial charge in [0.05, 0.1) is 16.3 Å². The van der Waals surface area contributed by atoms with Gasteiger partial charge in [-0.2, -0.15) is 5.26 Å². The van der Waals surface area contributed by atoms with E-state index in [1.807, 2.05) is 6.92 Å². The monoisotopic (exact) mass is 236 g/mol. The van der Waals surface area contributed by atoms with E-state index < -0.39 is 0 Å². The lowest BCUT2D eigenvalue weighted by Crippen LogP contribution is -2.27. The van der Waals surface area contributed by atoms with E-state index in [2.05, 4.69) is 16.0 Å². The van der Waals surface area contributed by atoms with Crippen LogP contribution in [0.2, 0.25) is 5.02 Å². The molecule has 1 aromatic rings. The van der Waals surface area contributed by atoms with Crippen molar-refractivity contribution < 1.29 is 0 Å². The van der Waals surface area contributed by atoms with Crippen molar-refractivity contribution >= 4 is 17.4 Å². The summed E-state index contributed by atoms with van der Waals surface area (Å²) < 4.78 is 0. The molecule has 2 heterocycles. The van der Waals surface area contributed by atoms with Crippen molar-refractivity contribution in [1.29, 1.82) is 5.26 Å². The number of nitriles is 1. The smallest absolute Gasteiger partial charge is 0.147 e. The molecule has 5 heteroatoms. The summed E-state index contributed by atoms with van der Waals surface area (Å²) in [6.45, 7) is 3.46. The highest BCUT2D eigenvalue weighted by molar-refractivity contribution is 6.33. The van der Waals surface area contributed by atoms with Gasteiger partial charge in [0, 0.05) is 19.1 Å². The number of hydrogen-bond acceptors (Lipinski definition) is 4. The Morgan fingerprint density at radius 3 is 3.00 bits per heavy atom. The van der Waals surface area contributed by atoms with Gasteiger partial charge in [0.25, 0.3) is 0 Å². The number of nitrogens with zero attached hydrogens (tertiary/aromatic N) is 3. The molecule has 2 N–H and O–H groups in total. The average Bonchev–Trinajstić information content (AvgIpc) is 2.67. The number of halogens is 1. The number of pyridine rings is 1. The summed E-state index contributed by atoms with van der Waals surface area (Å²) in [7, 11) is 0. The van der Waals surface area contributed by atoms with Crippen molar-refractivity contribution in [2.75, 3.05) is 18.0 Å². The van der Waals surface area contributed by atoms with Crippen LogP contribution in [-0.4, -0.2) is 24.1 Å². The fourth-order valence-electron chi connectivity index (χ4n) is 1.88. The van der Waals surface area contributed by atoms with Crippen LogP contribution in [0, 0.1) is 18.3 Å². The third kappa shape index (κ3) is 1.97. The van der Waals surface area contributed by atoms with Crippen molar-refractivity contribution in [3.8, 4) is 6.07 Å². The Labute approximate surface area is 99.6 Å². The zero-order valence-corrected chi connectivity index (χ0v) is 9.83. The molecule has 0 spiro atoms. The first-order valence-electron chi connectivity index (χ1n) is 5.19. The second kappa shape index (κ2) is 4.28. The fourth-order valence-corrected chi connectivity index (χ4v) is 2.15. The first-order chi connectivity index (χ1) is 7.61. The van der Waals surface area contributed by atoms with Crippen molar-refractivity contribution in [1.82, 2.24) is 4.98 Å². The Bertz CT molecular complexity index is 452. The van der Waals surface area contributed by atoms with E-state index in [9.17, 15) is 0 Å². The summed E-state index contributed by atoms with van der Waals surface area (Å²) in [4.78, 5) is 6.45. The normalized spacial score (nSPS) is 19.9. The van der Waals surface area contributed by atoms with Crippen LogP contribution >= 0.6 is 11.6 Å². The van der Waals surface area contributed by atoms with Crippen LogP contribution in [0.5, 0.6) is 0 Å². The summed E-state index contributed by atoms with van der Waals surface area (Å²) >= 11 is 6.11. The van der Waals surface area contributed by atoms with Gasteiger partial charge < -0.3 is 10.6 Å². The van der Waals surface area contributed by atoms with E-state index in [0.717, 1.165) is 25.3 Å². The predicted octanol–water partition coefficient (Wildman–Crippen LogP) is 1.45. The molecule has 0 bridgehead atoms. The van der Waals surface area contributed by atoms with Crippen LogP contribution in [0.4, 0.5) is 5.82 Å². The minimum Gasteiger partial charge on any atom is -0.354 e. The van der Waals surface area contributed by atoms with E-state index in [1.165, 1.54) is 0 Å². The molecule has 1 aliphatic heterocycles. The number of rotatable bonds is 1. The zero-order chi connectivity index (χ0) is 11.7. The highest BCUT2D eigenvalue weighted by atomic mass is 35.5. The lowest BCUT2D eigenvalue weighted by Gasteiger charge is -2.18. The Morgan fingerprint density at radius 1 is 1.69 bits per heavy atom. The maximum atomic E-state index is 8.86. The van der Waals surface area contributed by atoms with Gasteiger partial charge >= 0.3 is 0 Å². The number of aromatic nitrogens is 1. The van der Waals surface area contributed by atoms with Crippen molar-refractivity contribution in [2.45, 2.75) is 19.4 Å². The standard InChI is InChI=1S/C11H13ClN4/c1-7-8(5-13)4-10(12)11(15-7)16-3-2-9(14)6-16/h4,9H,2-3,6,14H2,1H3. The third-order valence-corrected chi connectivity index (χ3v) is 3.07. The summed E-state index contributed by atoms with van der Waals surface area (Å²) in [6, 6.07) is 3.93. The minimum atomic E-state index is 0.189. The van der Waals surface area contributed by atoms with Gasteiger partial charge in [-0.05, 0) is 19.4 Å². The first kappa shape index (κ1) is 11.2. The highest BCUT2D eigenvalue weighted by Gasteiger charge is 2.22.